The molecule has 0 aromatic heterocycles. The molecule has 3 aliphatic carbocycles. The Kier molecular flexibility index (Phi) is 3.55. The maximum atomic E-state index is 12.9. The highest BCUT2D eigenvalue weighted by molar-refractivity contribution is 5.86. The molecule has 1 amide bonds. The van der Waals surface area contributed by atoms with Crippen LogP contribution in [0.3, 0.4) is 0 Å². The Morgan fingerprint density at radius 3 is 2.33 bits per heavy atom. The molecule has 1 aliphatic heterocycles. The smallest absolute Gasteiger partial charge is 0.226 e. The summed E-state index contributed by atoms with van der Waals surface area (Å²) in [7, 11) is 0. The lowest BCUT2D eigenvalue weighted by Gasteiger charge is -2.33. The molecule has 1 saturated heterocycles. The van der Waals surface area contributed by atoms with Gasteiger partial charge in [0.15, 0.2) is 0 Å². The number of nitrogens with zero attached hydrogens (tertiary/aromatic N) is 1. The number of hydrogen-bond acceptors (Lipinski definition) is 2. The molecule has 3 nitrogen and oxygen atoms in total. The van der Waals surface area contributed by atoms with Crippen LogP contribution in [0.15, 0.2) is 0 Å². The predicted octanol–water partition coefficient (Wildman–Crippen LogP) is 3.17. The molecule has 0 aromatic rings. The largest absolute Gasteiger partial charge is 0.339 e. The van der Waals surface area contributed by atoms with E-state index in [4.69, 9.17) is 0 Å². The molecule has 0 aromatic carbocycles. The molecule has 0 bridgehead atoms. The first-order valence-electron chi connectivity index (χ1n) is 9.10. The van der Waals surface area contributed by atoms with E-state index in [-0.39, 0.29) is 12.0 Å². The Morgan fingerprint density at radius 2 is 1.62 bits per heavy atom. The summed E-state index contributed by atoms with van der Waals surface area (Å²) in [5.74, 6) is 2.70. The summed E-state index contributed by atoms with van der Waals surface area (Å²) in [6, 6.07) is 0.243. The van der Waals surface area contributed by atoms with Gasteiger partial charge in [-0.3, -0.25) is 9.59 Å². The SMILES string of the molecule is O=C1CCCCC1C1CCCN1C(=O)C1C2CCCCC21. The topological polar surface area (TPSA) is 37.4 Å². The summed E-state index contributed by atoms with van der Waals surface area (Å²) in [4.78, 5) is 27.3. The van der Waals surface area contributed by atoms with E-state index in [2.05, 4.69) is 4.90 Å². The first kappa shape index (κ1) is 13.8. The molecule has 0 N–H and O–H groups in total. The molecule has 0 spiro atoms. The van der Waals surface area contributed by atoms with Crippen molar-refractivity contribution < 1.29 is 9.59 Å². The van der Waals surface area contributed by atoms with Crippen LogP contribution >= 0.6 is 0 Å². The standard InChI is InChI=1S/C18H27NO2/c20-16-10-4-3-8-14(16)15-9-5-11-19(15)18(21)17-12-6-1-2-7-13(12)17/h12-15,17H,1-11H2. The van der Waals surface area contributed by atoms with Crippen molar-refractivity contribution in [1.82, 2.24) is 4.90 Å². The van der Waals surface area contributed by atoms with E-state index >= 15 is 0 Å². The Labute approximate surface area is 127 Å². The number of carbonyl (C=O) groups is 2. The monoisotopic (exact) mass is 289 g/mol. The number of carbonyl (C=O) groups excluding carboxylic acids is 2. The van der Waals surface area contributed by atoms with Crippen molar-refractivity contribution in [2.45, 2.75) is 70.3 Å². The average molecular weight is 289 g/mol. The lowest BCUT2D eigenvalue weighted by atomic mass is 9.81. The van der Waals surface area contributed by atoms with Gasteiger partial charge in [0, 0.05) is 30.8 Å². The molecule has 3 heteroatoms. The summed E-state index contributed by atoms with van der Waals surface area (Å²) >= 11 is 0. The van der Waals surface area contributed by atoms with Gasteiger partial charge in [-0.05, 0) is 50.4 Å². The minimum absolute atomic E-state index is 0.158. The minimum Gasteiger partial charge on any atom is -0.339 e. The van der Waals surface area contributed by atoms with Gasteiger partial charge in [0.25, 0.3) is 0 Å². The first-order valence-corrected chi connectivity index (χ1v) is 9.10. The third kappa shape index (κ3) is 2.33. The average Bonchev–Trinajstić information content (AvgIpc) is 3.03. The summed E-state index contributed by atoms with van der Waals surface area (Å²) in [5.41, 5.74) is 0. The van der Waals surface area contributed by atoms with E-state index in [0.29, 0.717) is 29.4 Å². The summed E-state index contributed by atoms with van der Waals surface area (Å²) in [6.45, 7) is 0.906. The highest BCUT2D eigenvalue weighted by atomic mass is 16.2. The zero-order valence-electron chi connectivity index (χ0n) is 12.9. The second-order valence-corrected chi connectivity index (χ2v) is 7.70. The summed E-state index contributed by atoms with van der Waals surface area (Å²) in [6.07, 6.45) is 11.3. The van der Waals surface area contributed by atoms with E-state index in [1.54, 1.807) is 0 Å². The van der Waals surface area contributed by atoms with Crippen molar-refractivity contribution in [1.29, 1.82) is 0 Å². The Hall–Kier alpha value is -0.860. The molecule has 3 saturated carbocycles. The predicted molar refractivity (Wildman–Crippen MR) is 80.6 cm³/mol. The quantitative estimate of drug-likeness (QED) is 0.783. The molecule has 0 radical (unpaired) electrons. The zero-order valence-corrected chi connectivity index (χ0v) is 12.9. The van der Waals surface area contributed by atoms with Crippen molar-refractivity contribution in [3.63, 3.8) is 0 Å². The number of Topliss-reactive ketones (excluding diaryl/α,β-unsaturated/α-hetero) is 1. The molecule has 4 rings (SSSR count). The van der Waals surface area contributed by atoms with Gasteiger partial charge in [0.2, 0.25) is 5.91 Å². The zero-order chi connectivity index (χ0) is 14.4. The second-order valence-electron chi connectivity index (χ2n) is 7.70. The fourth-order valence-electron chi connectivity index (χ4n) is 5.45. The highest BCUT2D eigenvalue weighted by Crippen LogP contribution is 2.56. The maximum absolute atomic E-state index is 12.9. The van der Waals surface area contributed by atoms with E-state index in [0.717, 1.165) is 38.6 Å². The third-order valence-electron chi connectivity index (χ3n) is 6.59. The fraction of sp³-hybridized carbons (Fsp3) is 0.889. The van der Waals surface area contributed by atoms with Gasteiger partial charge in [-0.1, -0.05) is 19.3 Å². The van der Waals surface area contributed by atoms with Gasteiger partial charge in [0.1, 0.15) is 5.78 Å². The lowest BCUT2D eigenvalue weighted by Crippen LogP contribution is -2.44. The van der Waals surface area contributed by atoms with Crippen molar-refractivity contribution in [3.8, 4) is 0 Å². The first-order chi connectivity index (χ1) is 10.3. The van der Waals surface area contributed by atoms with Crippen LogP contribution < -0.4 is 0 Å². The van der Waals surface area contributed by atoms with Crippen LogP contribution in [0.1, 0.15) is 64.2 Å². The molecule has 4 atom stereocenters. The van der Waals surface area contributed by atoms with E-state index in [9.17, 15) is 9.59 Å². The van der Waals surface area contributed by atoms with Crippen LogP contribution in [-0.4, -0.2) is 29.2 Å². The van der Waals surface area contributed by atoms with Gasteiger partial charge < -0.3 is 4.90 Å². The Morgan fingerprint density at radius 1 is 0.905 bits per heavy atom. The second kappa shape index (κ2) is 5.40. The Bertz CT molecular complexity index is 434. The van der Waals surface area contributed by atoms with Crippen molar-refractivity contribution in [2.24, 2.45) is 23.7 Å². The Balaban J connectivity index is 1.46. The highest BCUT2D eigenvalue weighted by Gasteiger charge is 2.57. The number of hydrogen-bond donors (Lipinski definition) is 0. The molecule has 4 fully saturated rings. The fourth-order valence-corrected chi connectivity index (χ4v) is 5.45. The molecule has 4 aliphatic rings. The van der Waals surface area contributed by atoms with Crippen molar-refractivity contribution in [2.75, 3.05) is 6.54 Å². The summed E-state index contributed by atoms with van der Waals surface area (Å²) < 4.78 is 0. The lowest BCUT2D eigenvalue weighted by molar-refractivity contribution is -0.137. The van der Waals surface area contributed by atoms with E-state index in [1.807, 2.05) is 0 Å². The molecular weight excluding hydrogens is 262 g/mol. The van der Waals surface area contributed by atoms with Crippen LogP contribution in [0.5, 0.6) is 0 Å². The summed E-state index contributed by atoms with van der Waals surface area (Å²) in [5, 5.41) is 0. The van der Waals surface area contributed by atoms with Gasteiger partial charge in [-0.25, -0.2) is 0 Å². The molecule has 1 heterocycles. The number of rotatable bonds is 2. The molecule has 116 valence electrons. The van der Waals surface area contributed by atoms with E-state index in [1.165, 1.54) is 32.1 Å². The van der Waals surface area contributed by atoms with Crippen LogP contribution in [-0.2, 0) is 9.59 Å². The number of ketones is 1. The molecule has 21 heavy (non-hydrogen) atoms. The number of amides is 1. The molecule has 4 unspecified atom stereocenters. The number of fused-ring (bicyclic) bond motifs is 1. The van der Waals surface area contributed by atoms with Crippen molar-refractivity contribution in [3.05, 3.63) is 0 Å². The van der Waals surface area contributed by atoms with Gasteiger partial charge in [-0.2, -0.15) is 0 Å². The minimum atomic E-state index is 0.158. The number of likely N-dealkylation sites (tertiary alicyclic amines) is 1. The molecular formula is C18H27NO2. The van der Waals surface area contributed by atoms with Crippen LogP contribution in [0.4, 0.5) is 0 Å². The van der Waals surface area contributed by atoms with Crippen LogP contribution in [0.2, 0.25) is 0 Å². The van der Waals surface area contributed by atoms with Crippen LogP contribution in [0.25, 0.3) is 0 Å². The maximum Gasteiger partial charge on any atom is 0.226 e. The van der Waals surface area contributed by atoms with Crippen LogP contribution in [0, 0.1) is 23.7 Å². The van der Waals surface area contributed by atoms with E-state index < -0.39 is 0 Å². The van der Waals surface area contributed by atoms with Gasteiger partial charge in [-0.15, -0.1) is 0 Å². The third-order valence-corrected chi connectivity index (χ3v) is 6.59. The van der Waals surface area contributed by atoms with Gasteiger partial charge >= 0.3 is 0 Å². The van der Waals surface area contributed by atoms with Crippen molar-refractivity contribution >= 4 is 11.7 Å². The van der Waals surface area contributed by atoms with Gasteiger partial charge in [0.05, 0.1) is 0 Å². The normalized spacial score (nSPS) is 42.8.